The van der Waals surface area contributed by atoms with Crippen molar-refractivity contribution in [2.24, 2.45) is 10.9 Å². The van der Waals surface area contributed by atoms with Crippen LogP contribution >= 0.6 is 35.3 Å². The van der Waals surface area contributed by atoms with Crippen molar-refractivity contribution in [3.05, 3.63) is 15.6 Å². The number of carbonyl (C=O) groups excluding carboxylic acids is 1. The number of hydrogen-bond donors (Lipinski definition) is 2. The Labute approximate surface area is 184 Å². The van der Waals surface area contributed by atoms with E-state index in [9.17, 15) is 4.79 Å². The summed E-state index contributed by atoms with van der Waals surface area (Å²) in [6.45, 7) is 6.97. The van der Waals surface area contributed by atoms with Gasteiger partial charge in [-0.25, -0.2) is 9.78 Å². The maximum Gasteiger partial charge on any atom is 0.350 e. The largest absolute Gasteiger partial charge is 0.462 e. The molecule has 6 nitrogen and oxygen atoms in total. The molecule has 1 aliphatic rings. The summed E-state index contributed by atoms with van der Waals surface area (Å²) in [5, 5.41) is 7.60. The quantitative estimate of drug-likeness (QED) is 0.179. The predicted octanol–water partition coefficient (Wildman–Crippen LogP) is 4.44. The van der Waals surface area contributed by atoms with Crippen molar-refractivity contribution in [1.82, 2.24) is 15.6 Å². The fourth-order valence-electron chi connectivity index (χ4n) is 3.35. The average molecular weight is 508 g/mol. The number of nitrogens with one attached hydrogen (secondary N) is 2. The molecule has 1 unspecified atom stereocenters. The highest BCUT2D eigenvalue weighted by atomic mass is 127. The summed E-state index contributed by atoms with van der Waals surface area (Å²) >= 11 is 1.38. The van der Waals surface area contributed by atoms with E-state index in [-0.39, 0.29) is 36.0 Å². The first kappa shape index (κ1) is 24.1. The third-order valence-corrected chi connectivity index (χ3v) is 6.10. The van der Waals surface area contributed by atoms with E-state index >= 15 is 0 Å². The Bertz CT molecular complexity index is 615. The van der Waals surface area contributed by atoms with Gasteiger partial charge in [-0.05, 0) is 39.5 Å². The number of esters is 1. The first-order chi connectivity index (χ1) is 12.5. The average Bonchev–Trinajstić information content (AvgIpc) is 3.27. The molecule has 1 fully saturated rings. The number of halogens is 1. The highest BCUT2D eigenvalue weighted by Crippen LogP contribution is 2.28. The van der Waals surface area contributed by atoms with Gasteiger partial charge in [-0.1, -0.05) is 25.7 Å². The zero-order valence-electron chi connectivity index (χ0n) is 16.8. The number of carbonyl (C=O) groups is 1. The van der Waals surface area contributed by atoms with Crippen molar-refractivity contribution in [3.63, 3.8) is 0 Å². The van der Waals surface area contributed by atoms with E-state index in [2.05, 4.69) is 20.6 Å². The first-order valence-corrected chi connectivity index (χ1v) is 10.5. The molecule has 0 bridgehead atoms. The highest BCUT2D eigenvalue weighted by molar-refractivity contribution is 14.0. The van der Waals surface area contributed by atoms with Gasteiger partial charge in [0.15, 0.2) is 5.96 Å². The number of aromatic nitrogens is 1. The lowest BCUT2D eigenvalue weighted by Crippen LogP contribution is -2.39. The SMILES string of the molecule is CCOC(=O)c1sc(C(C)NC(=NC)NCCCC2CCCC2)nc1C.I. The lowest BCUT2D eigenvalue weighted by molar-refractivity contribution is 0.0531. The highest BCUT2D eigenvalue weighted by Gasteiger charge is 2.20. The molecule has 1 aliphatic carbocycles. The minimum absolute atomic E-state index is 0. The zero-order valence-corrected chi connectivity index (χ0v) is 20.0. The van der Waals surface area contributed by atoms with Crippen LogP contribution in [0.1, 0.15) is 78.8 Å². The van der Waals surface area contributed by atoms with Gasteiger partial charge < -0.3 is 15.4 Å². The number of rotatable bonds is 8. The van der Waals surface area contributed by atoms with Crippen molar-refractivity contribution in [2.45, 2.75) is 65.3 Å². The number of aryl methyl sites for hydroxylation is 1. The predicted molar refractivity (Wildman–Crippen MR) is 122 cm³/mol. The van der Waals surface area contributed by atoms with E-state index < -0.39 is 0 Å². The molecule has 0 aliphatic heterocycles. The normalized spacial score (nSPS) is 15.9. The third-order valence-electron chi connectivity index (χ3n) is 4.78. The van der Waals surface area contributed by atoms with Gasteiger partial charge in [0, 0.05) is 13.6 Å². The molecule has 0 radical (unpaired) electrons. The van der Waals surface area contributed by atoms with Gasteiger partial charge in [0.25, 0.3) is 0 Å². The molecule has 1 saturated carbocycles. The number of ether oxygens (including phenoxy) is 1. The summed E-state index contributed by atoms with van der Waals surface area (Å²) < 4.78 is 5.09. The van der Waals surface area contributed by atoms with Crippen LogP contribution < -0.4 is 10.6 Å². The monoisotopic (exact) mass is 508 g/mol. The van der Waals surface area contributed by atoms with Gasteiger partial charge in [0.1, 0.15) is 9.88 Å². The van der Waals surface area contributed by atoms with E-state index in [4.69, 9.17) is 4.74 Å². The second-order valence-corrected chi connectivity index (χ2v) is 7.88. The van der Waals surface area contributed by atoms with Gasteiger partial charge >= 0.3 is 5.97 Å². The van der Waals surface area contributed by atoms with Crippen LogP contribution in [-0.4, -0.2) is 37.1 Å². The van der Waals surface area contributed by atoms with Gasteiger partial charge in [0.05, 0.1) is 18.3 Å². The molecule has 0 saturated heterocycles. The van der Waals surface area contributed by atoms with E-state index in [1.54, 1.807) is 7.05 Å². The molecule has 1 aromatic heterocycles. The van der Waals surface area contributed by atoms with Crippen molar-refractivity contribution < 1.29 is 9.53 Å². The van der Waals surface area contributed by atoms with E-state index in [0.717, 1.165) is 29.1 Å². The molecule has 154 valence electrons. The molecule has 0 amide bonds. The lowest BCUT2D eigenvalue weighted by atomic mass is 10.0. The summed E-state index contributed by atoms with van der Waals surface area (Å²) in [6.07, 6.45) is 8.07. The van der Waals surface area contributed by atoms with Crippen LogP contribution in [0.5, 0.6) is 0 Å². The fourth-order valence-corrected chi connectivity index (χ4v) is 4.31. The van der Waals surface area contributed by atoms with Crippen molar-refractivity contribution in [1.29, 1.82) is 0 Å². The van der Waals surface area contributed by atoms with Gasteiger partial charge in [0.2, 0.25) is 0 Å². The number of nitrogens with zero attached hydrogens (tertiary/aromatic N) is 2. The van der Waals surface area contributed by atoms with Gasteiger partial charge in [-0.3, -0.25) is 4.99 Å². The van der Waals surface area contributed by atoms with Crippen LogP contribution in [0.2, 0.25) is 0 Å². The summed E-state index contributed by atoms with van der Waals surface area (Å²) in [6, 6.07) is -0.0251. The molecule has 0 spiro atoms. The third kappa shape index (κ3) is 7.56. The Hall–Kier alpha value is -0.900. The van der Waals surface area contributed by atoms with Crippen LogP contribution in [-0.2, 0) is 4.74 Å². The molecular weight excluding hydrogens is 475 g/mol. The molecule has 27 heavy (non-hydrogen) atoms. The van der Waals surface area contributed by atoms with E-state index in [0.29, 0.717) is 11.5 Å². The first-order valence-electron chi connectivity index (χ1n) is 9.66. The van der Waals surface area contributed by atoms with Crippen LogP contribution in [0.15, 0.2) is 4.99 Å². The van der Waals surface area contributed by atoms with Crippen LogP contribution in [0.25, 0.3) is 0 Å². The molecular formula is C19H33IN4O2S. The van der Waals surface area contributed by atoms with E-state index in [1.807, 2.05) is 20.8 Å². The maximum atomic E-state index is 12.0. The summed E-state index contributed by atoms with van der Waals surface area (Å²) in [4.78, 5) is 21.4. The molecule has 2 rings (SSSR count). The lowest BCUT2D eigenvalue weighted by Gasteiger charge is -2.16. The second-order valence-electron chi connectivity index (χ2n) is 6.84. The summed E-state index contributed by atoms with van der Waals surface area (Å²) in [5.74, 6) is 1.40. The number of guanidine groups is 1. The molecule has 2 N–H and O–H groups in total. The molecule has 8 heteroatoms. The Morgan fingerprint density at radius 3 is 2.74 bits per heavy atom. The van der Waals surface area contributed by atoms with Crippen LogP contribution in [0.3, 0.4) is 0 Å². The second kappa shape index (κ2) is 12.5. The molecule has 1 aromatic rings. The van der Waals surface area contributed by atoms with Crippen LogP contribution in [0, 0.1) is 12.8 Å². The fraction of sp³-hybridized carbons (Fsp3) is 0.737. The van der Waals surface area contributed by atoms with E-state index in [1.165, 1.54) is 49.9 Å². The van der Waals surface area contributed by atoms with Crippen molar-refractivity contribution in [2.75, 3.05) is 20.2 Å². The minimum atomic E-state index is -0.296. The Morgan fingerprint density at radius 1 is 1.41 bits per heavy atom. The maximum absolute atomic E-state index is 12.0. The number of thiazole rings is 1. The van der Waals surface area contributed by atoms with Gasteiger partial charge in [-0.2, -0.15) is 0 Å². The topological polar surface area (TPSA) is 75.6 Å². The smallest absolute Gasteiger partial charge is 0.350 e. The Morgan fingerprint density at radius 2 is 2.11 bits per heavy atom. The summed E-state index contributed by atoms with van der Waals surface area (Å²) in [7, 11) is 1.77. The minimum Gasteiger partial charge on any atom is -0.462 e. The Kier molecular flexibility index (Phi) is 11.2. The van der Waals surface area contributed by atoms with Crippen molar-refractivity contribution in [3.8, 4) is 0 Å². The Balaban J connectivity index is 0.00000364. The molecule has 0 aromatic carbocycles. The van der Waals surface area contributed by atoms with Crippen molar-refractivity contribution >= 4 is 47.2 Å². The van der Waals surface area contributed by atoms with Gasteiger partial charge in [-0.15, -0.1) is 35.3 Å². The molecule has 1 atom stereocenters. The summed E-state index contributed by atoms with van der Waals surface area (Å²) in [5.41, 5.74) is 0.719. The molecule has 1 heterocycles. The standard InChI is InChI=1S/C19H32N4O2S.HI/c1-5-25-18(24)16-13(2)22-17(26-16)14(3)23-19(20-4)21-12-8-11-15-9-6-7-10-15;/h14-15H,5-12H2,1-4H3,(H2,20,21,23);1H. The zero-order chi connectivity index (χ0) is 18.9. The number of aliphatic imine (C=N–C) groups is 1. The number of hydrogen-bond acceptors (Lipinski definition) is 5. The van der Waals surface area contributed by atoms with Crippen LogP contribution in [0.4, 0.5) is 0 Å².